The molecule has 1 aromatic rings. The van der Waals surface area contributed by atoms with Gasteiger partial charge in [0.15, 0.2) is 0 Å². The monoisotopic (exact) mass is 207 g/mol. The molecule has 1 unspecified atom stereocenters. The zero-order valence-electron chi connectivity index (χ0n) is 8.76. The largest absolute Gasteiger partial charge is 0.394 e. The number of hydrogen-bond acceptors (Lipinski definition) is 4. The first-order valence-corrected chi connectivity index (χ1v) is 5.41. The molecule has 0 spiro atoms. The molecule has 3 N–H and O–H groups in total. The van der Waals surface area contributed by atoms with E-state index in [0.717, 1.165) is 25.2 Å². The summed E-state index contributed by atoms with van der Waals surface area (Å²) in [6.07, 6.45) is 3.38. The van der Waals surface area contributed by atoms with Crippen molar-refractivity contribution in [2.75, 3.05) is 23.8 Å². The average molecular weight is 207 g/mol. The maximum atomic E-state index is 9.29. The van der Waals surface area contributed by atoms with Gasteiger partial charge in [-0.2, -0.15) is 0 Å². The van der Waals surface area contributed by atoms with Gasteiger partial charge in [-0.3, -0.25) is 0 Å². The summed E-state index contributed by atoms with van der Waals surface area (Å²) < 4.78 is 0. The number of hydrogen-bond donors (Lipinski definition) is 2. The van der Waals surface area contributed by atoms with Gasteiger partial charge in [0.05, 0.1) is 12.6 Å². The lowest BCUT2D eigenvalue weighted by Crippen LogP contribution is -2.42. The molecule has 0 aliphatic carbocycles. The Morgan fingerprint density at radius 2 is 2.33 bits per heavy atom. The number of nitrogens with two attached hydrogens (primary N) is 1. The molecular weight excluding hydrogens is 190 g/mol. The molecular formula is C11H17N3O. The van der Waals surface area contributed by atoms with E-state index in [1.165, 1.54) is 6.42 Å². The lowest BCUT2D eigenvalue weighted by molar-refractivity contribution is 0.239. The van der Waals surface area contributed by atoms with E-state index in [1.54, 1.807) is 6.07 Å². The molecule has 2 rings (SSSR count). The van der Waals surface area contributed by atoms with Crippen LogP contribution in [0.15, 0.2) is 18.2 Å². The first-order chi connectivity index (χ1) is 7.31. The fraction of sp³-hybridized carbons (Fsp3) is 0.545. The molecule has 0 radical (unpaired) electrons. The second-order valence-electron chi connectivity index (χ2n) is 3.95. The van der Waals surface area contributed by atoms with Gasteiger partial charge in [0.2, 0.25) is 0 Å². The van der Waals surface area contributed by atoms with Crippen LogP contribution in [-0.2, 0) is 0 Å². The standard InChI is InChI=1S/C11H17N3O/c12-10-5-3-6-11(13-10)14-7-2-1-4-9(14)8-15/h3,5-6,9,15H,1-2,4,7-8H2,(H2,12,13). The number of aromatic nitrogens is 1. The average Bonchev–Trinajstić information content (AvgIpc) is 2.29. The highest BCUT2D eigenvalue weighted by atomic mass is 16.3. The highest BCUT2D eigenvalue weighted by Crippen LogP contribution is 2.23. The normalized spacial score (nSPS) is 21.7. The highest BCUT2D eigenvalue weighted by molar-refractivity contribution is 5.46. The van der Waals surface area contributed by atoms with Crippen molar-refractivity contribution in [1.82, 2.24) is 4.98 Å². The molecule has 0 bridgehead atoms. The first-order valence-electron chi connectivity index (χ1n) is 5.41. The third kappa shape index (κ3) is 2.21. The molecule has 1 atom stereocenters. The van der Waals surface area contributed by atoms with Crippen LogP contribution in [0.1, 0.15) is 19.3 Å². The third-order valence-corrected chi connectivity index (χ3v) is 2.89. The molecule has 2 heterocycles. The number of piperidine rings is 1. The molecule has 15 heavy (non-hydrogen) atoms. The molecule has 0 saturated carbocycles. The number of anilines is 2. The van der Waals surface area contributed by atoms with Crippen LogP contribution in [0.4, 0.5) is 11.6 Å². The molecule has 82 valence electrons. The van der Waals surface area contributed by atoms with E-state index >= 15 is 0 Å². The lowest BCUT2D eigenvalue weighted by Gasteiger charge is -2.35. The quantitative estimate of drug-likeness (QED) is 0.760. The van der Waals surface area contributed by atoms with Crippen LogP contribution in [0.3, 0.4) is 0 Å². The van der Waals surface area contributed by atoms with Crippen molar-refractivity contribution in [2.24, 2.45) is 0 Å². The molecule has 1 fully saturated rings. The topological polar surface area (TPSA) is 62.4 Å². The van der Waals surface area contributed by atoms with Gasteiger partial charge in [0.1, 0.15) is 11.6 Å². The van der Waals surface area contributed by atoms with Crippen molar-refractivity contribution in [2.45, 2.75) is 25.3 Å². The smallest absolute Gasteiger partial charge is 0.131 e. The summed E-state index contributed by atoms with van der Waals surface area (Å²) in [5, 5.41) is 9.29. The number of nitrogens with zero attached hydrogens (tertiary/aromatic N) is 2. The van der Waals surface area contributed by atoms with Gasteiger partial charge in [-0.25, -0.2) is 4.98 Å². The number of rotatable bonds is 2. The number of pyridine rings is 1. The van der Waals surface area contributed by atoms with Crippen molar-refractivity contribution < 1.29 is 5.11 Å². The lowest BCUT2D eigenvalue weighted by atomic mass is 10.0. The number of aliphatic hydroxyl groups excluding tert-OH is 1. The van der Waals surface area contributed by atoms with Crippen LogP contribution in [0.5, 0.6) is 0 Å². The Balaban J connectivity index is 2.20. The highest BCUT2D eigenvalue weighted by Gasteiger charge is 2.22. The minimum atomic E-state index is 0.191. The maximum Gasteiger partial charge on any atom is 0.131 e. The summed E-state index contributed by atoms with van der Waals surface area (Å²) in [5.74, 6) is 1.42. The van der Waals surface area contributed by atoms with E-state index in [1.807, 2.05) is 12.1 Å². The summed E-state index contributed by atoms with van der Waals surface area (Å²) in [6.45, 7) is 1.15. The second-order valence-corrected chi connectivity index (χ2v) is 3.95. The van der Waals surface area contributed by atoms with Crippen LogP contribution >= 0.6 is 0 Å². The van der Waals surface area contributed by atoms with E-state index < -0.39 is 0 Å². The van der Waals surface area contributed by atoms with Crippen molar-refractivity contribution in [1.29, 1.82) is 0 Å². The van der Waals surface area contributed by atoms with Crippen molar-refractivity contribution in [3.8, 4) is 0 Å². The third-order valence-electron chi connectivity index (χ3n) is 2.89. The minimum Gasteiger partial charge on any atom is -0.394 e. The van der Waals surface area contributed by atoms with Crippen LogP contribution in [0.25, 0.3) is 0 Å². The molecule has 4 heteroatoms. The predicted octanol–water partition coefficient (Wildman–Crippen LogP) is 1.01. The molecule has 0 aromatic carbocycles. The zero-order chi connectivity index (χ0) is 10.7. The van der Waals surface area contributed by atoms with E-state index in [-0.39, 0.29) is 12.6 Å². The van der Waals surface area contributed by atoms with Crippen LogP contribution < -0.4 is 10.6 Å². The van der Waals surface area contributed by atoms with E-state index in [9.17, 15) is 5.11 Å². The van der Waals surface area contributed by atoms with Crippen molar-refractivity contribution in [3.05, 3.63) is 18.2 Å². The van der Waals surface area contributed by atoms with Gasteiger partial charge in [-0.15, -0.1) is 0 Å². The second kappa shape index (κ2) is 4.49. The Bertz CT molecular complexity index is 329. The van der Waals surface area contributed by atoms with Crippen molar-refractivity contribution >= 4 is 11.6 Å². The van der Waals surface area contributed by atoms with Crippen LogP contribution in [0, 0.1) is 0 Å². The molecule has 1 aliphatic heterocycles. The minimum absolute atomic E-state index is 0.191. The molecule has 1 aromatic heterocycles. The van der Waals surface area contributed by atoms with Gasteiger partial charge in [-0.1, -0.05) is 6.07 Å². The molecule has 4 nitrogen and oxygen atoms in total. The van der Waals surface area contributed by atoms with Gasteiger partial charge < -0.3 is 15.7 Å². The number of aliphatic hydroxyl groups is 1. The summed E-state index contributed by atoms with van der Waals surface area (Å²) in [5.41, 5.74) is 5.65. The van der Waals surface area contributed by atoms with Gasteiger partial charge in [-0.05, 0) is 31.4 Å². The SMILES string of the molecule is Nc1cccc(N2CCCCC2CO)n1. The van der Waals surface area contributed by atoms with E-state index in [4.69, 9.17) is 5.73 Å². The maximum absolute atomic E-state index is 9.29. The molecule has 1 aliphatic rings. The van der Waals surface area contributed by atoms with Gasteiger partial charge in [0, 0.05) is 6.54 Å². The Morgan fingerprint density at radius 3 is 3.07 bits per heavy atom. The first kappa shape index (κ1) is 10.2. The zero-order valence-corrected chi connectivity index (χ0v) is 8.76. The van der Waals surface area contributed by atoms with Crippen molar-refractivity contribution in [3.63, 3.8) is 0 Å². The Kier molecular flexibility index (Phi) is 3.06. The molecule has 0 amide bonds. The fourth-order valence-corrected chi connectivity index (χ4v) is 2.09. The van der Waals surface area contributed by atoms with E-state index in [0.29, 0.717) is 5.82 Å². The van der Waals surface area contributed by atoms with Gasteiger partial charge in [0.25, 0.3) is 0 Å². The summed E-state index contributed by atoms with van der Waals surface area (Å²) in [7, 11) is 0. The van der Waals surface area contributed by atoms with Gasteiger partial charge >= 0.3 is 0 Å². The number of nitrogen functional groups attached to an aromatic ring is 1. The Hall–Kier alpha value is -1.29. The Labute approximate surface area is 89.7 Å². The summed E-state index contributed by atoms with van der Waals surface area (Å²) >= 11 is 0. The van der Waals surface area contributed by atoms with Crippen LogP contribution in [0.2, 0.25) is 0 Å². The van der Waals surface area contributed by atoms with Crippen LogP contribution in [-0.4, -0.2) is 29.3 Å². The fourth-order valence-electron chi connectivity index (χ4n) is 2.09. The Morgan fingerprint density at radius 1 is 1.47 bits per heavy atom. The molecule has 1 saturated heterocycles. The summed E-state index contributed by atoms with van der Waals surface area (Å²) in [4.78, 5) is 6.44. The predicted molar refractivity (Wildman–Crippen MR) is 60.7 cm³/mol. The summed E-state index contributed by atoms with van der Waals surface area (Å²) in [6, 6.07) is 5.83. The van der Waals surface area contributed by atoms with E-state index in [2.05, 4.69) is 9.88 Å².